The third-order valence-electron chi connectivity index (χ3n) is 2.04. The Kier molecular flexibility index (Phi) is 2.58. The highest BCUT2D eigenvalue weighted by Crippen LogP contribution is 2.02. The van der Waals surface area contributed by atoms with Gasteiger partial charge < -0.3 is 4.98 Å². The molecule has 4 nitrogen and oxygen atoms in total. The van der Waals surface area contributed by atoms with Gasteiger partial charge in [-0.2, -0.15) is 0 Å². The summed E-state index contributed by atoms with van der Waals surface area (Å²) >= 11 is 0. The summed E-state index contributed by atoms with van der Waals surface area (Å²) in [6, 6.07) is 5.29. The van der Waals surface area contributed by atoms with Gasteiger partial charge in [0.2, 0.25) is 0 Å². The van der Waals surface area contributed by atoms with Crippen molar-refractivity contribution in [3.05, 3.63) is 58.0 Å². The predicted octanol–water partition coefficient (Wildman–Crippen LogP) is 1.06. The van der Waals surface area contributed by atoms with E-state index in [-0.39, 0.29) is 5.56 Å². The van der Waals surface area contributed by atoms with Gasteiger partial charge >= 0.3 is 0 Å². The molecule has 2 aromatic heterocycles. The molecule has 0 aliphatic carbocycles. The van der Waals surface area contributed by atoms with Gasteiger partial charge in [0.25, 0.3) is 5.56 Å². The number of nitrogens with one attached hydrogen (secondary N) is 1. The summed E-state index contributed by atoms with van der Waals surface area (Å²) in [4.78, 5) is 22.1. The van der Waals surface area contributed by atoms with Gasteiger partial charge in [0, 0.05) is 30.6 Å². The van der Waals surface area contributed by atoms with E-state index in [2.05, 4.69) is 15.0 Å². The summed E-state index contributed by atoms with van der Waals surface area (Å²) in [5.41, 5.74) is 1.72. The second kappa shape index (κ2) is 4.04. The Bertz CT molecular complexity index is 505. The van der Waals surface area contributed by atoms with Crippen molar-refractivity contribution < 1.29 is 0 Å². The average Bonchev–Trinajstić information content (AvgIpc) is 2.17. The van der Waals surface area contributed by atoms with Gasteiger partial charge in [-0.1, -0.05) is 0 Å². The second-order valence-electron chi connectivity index (χ2n) is 3.37. The molecule has 0 aromatic carbocycles. The second-order valence-corrected chi connectivity index (χ2v) is 3.37. The van der Waals surface area contributed by atoms with E-state index in [4.69, 9.17) is 0 Å². The van der Waals surface area contributed by atoms with E-state index < -0.39 is 0 Å². The molecular weight excluding hydrogens is 190 g/mol. The molecule has 0 spiro atoms. The molecule has 0 bridgehead atoms. The van der Waals surface area contributed by atoms with Crippen LogP contribution in [-0.2, 0) is 6.42 Å². The predicted molar refractivity (Wildman–Crippen MR) is 56.6 cm³/mol. The van der Waals surface area contributed by atoms with Crippen LogP contribution in [0.2, 0.25) is 0 Å². The molecule has 2 aromatic rings. The first kappa shape index (κ1) is 9.58. The Morgan fingerprint density at radius 3 is 2.73 bits per heavy atom. The van der Waals surface area contributed by atoms with Crippen LogP contribution >= 0.6 is 0 Å². The van der Waals surface area contributed by atoms with E-state index in [1.54, 1.807) is 12.4 Å². The molecule has 2 rings (SSSR count). The van der Waals surface area contributed by atoms with E-state index in [1.165, 1.54) is 6.07 Å². The zero-order valence-corrected chi connectivity index (χ0v) is 8.40. The number of aromatic nitrogens is 3. The number of aromatic amines is 1. The van der Waals surface area contributed by atoms with Crippen LogP contribution in [0.25, 0.3) is 0 Å². The molecule has 0 amide bonds. The van der Waals surface area contributed by atoms with Crippen molar-refractivity contribution in [3.8, 4) is 0 Å². The number of hydrogen-bond donors (Lipinski definition) is 1. The quantitative estimate of drug-likeness (QED) is 0.790. The van der Waals surface area contributed by atoms with Gasteiger partial charge in [-0.05, 0) is 24.6 Å². The maximum Gasteiger partial charge on any atom is 0.251 e. The first-order valence-corrected chi connectivity index (χ1v) is 4.70. The summed E-state index contributed by atoms with van der Waals surface area (Å²) in [7, 11) is 0. The highest BCUT2D eigenvalue weighted by Gasteiger charge is 1.99. The molecule has 0 saturated carbocycles. The Balaban J connectivity index is 2.29. The number of aryl methyl sites for hydroxylation is 1. The van der Waals surface area contributed by atoms with Gasteiger partial charge in [-0.3, -0.25) is 9.78 Å². The van der Waals surface area contributed by atoms with E-state index in [0.717, 1.165) is 11.3 Å². The van der Waals surface area contributed by atoms with Crippen LogP contribution in [0, 0.1) is 6.92 Å². The van der Waals surface area contributed by atoms with Crippen molar-refractivity contribution in [1.82, 2.24) is 15.0 Å². The lowest BCUT2D eigenvalue weighted by atomic mass is 10.2. The number of nitrogens with zero attached hydrogens (tertiary/aromatic N) is 2. The lowest BCUT2D eigenvalue weighted by Crippen LogP contribution is -2.11. The number of pyridine rings is 1. The standard InChI is InChI=1S/C11H11N3O/c1-8-6-11(15)14-10(13-8)7-9-2-4-12-5-3-9/h2-6H,7H2,1H3,(H,13,14,15). The first-order chi connectivity index (χ1) is 7.24. The molecule has 15 heavy (non-hydrogen) atoms. The van der Waals surface area contributed by atoms with Gasteiger partial charge in [0.05, 0.1) is 0 Å². The lowest BCUT2D eigenvalue weighted by molar-refractivity contribution is 0.919. The topological polar surface area (TPSA) is 58.6 Å². The largest absolute Gasteiger partial charge is 0.310 e. The molecule has 0 fully saturated rings. The fourth-order valence-corrected chi connectivity index (χ4v) is 1.42. The van der Waals surface area contributed by atoms with Crippen LogP contribution in [0.1, 0.15) is 17.1 Å². The van der Waals surface area contributed by atoms with Crippen LogP contribution < -0.4 is 5.56 Å². The fourth-order valence-electron chi connectivity index (χ4n) is 1.42. The van der Waals surface area contributed by atoms with E-state index in [9.17, 15) is 4.79 Å². The van der Waals surface area contributed by atoms with Crippen LogP contribution in [-0.4, -0.2) is 15.0 Å². The zero-order chi connectivity index (χ0) is 10.7. The van der Waals surface area contributed by atoms with Crippen molar-refractivity contribution >= 4 is 0 Å². The highest BCUT2D eigenvalue weighted by atomic mass is 16.1. The summed E-state index contributed by atoms with van der Waals surface area (Å²) < 4.78 is 0. The minimum atomic E-state index is -0.105. The van der Waals surface area contributed by atoms with E-state index >= 15 is 0 Å². The van der Waals surface area contributed by atoms with Crippen LogP contribution in [0.5, 0.6) is 0 Å². The molecule has 0 aliphatic heterocycles. The van der Waals surface area contributed by atoms with Crippen molar-refractivity contribution in [2.45, 2.75) is 13.3 Å². The van der Waals surface area contributed by atoms with Gasteiger partial charge in [0.15, 0.2) is 0 Å². The normalized spacial score (nSPS) is 10.2. The van der Waals surface area contributed by atoms with E-state index in [0.29, 0.717) is 12.2 Å². The SMILES string of the molecule is Cc1cc(=O)[nH]c(Cc2ccncc2)n1. The van der Waals surface area contributed by atoms with Gasteiger partial charge in [-0.15, -0.1) is 0 Å². The molecule has 0 saturated heterocycles. The molecule has 76 valence electrons. The molecule has 4 heteroatoms. The third kappa shape index (κ3) is 2.49. The molecular formula is C11H11N3O. The summed E-state index contributed by atoms with van der Waals surface area (Å²) in [6.45, 7) is 1.81. The molecule has 0 atom stereocenters. The third-order valence-corrected chi connectivity index (χ3v) is 2.04. The minimum absolute atomic E-state index is 0.105. The first-order valence-electron chi connectivity index (χ1n) is 4.70. The summed E-state index contributed by atoms with van der Waals surface area (Å²) in [6.07, 6.45) is 4.08. The van der Waals surface area contributed by atoms with Crippen LogP contribution in [0.15, 0.2) is 35.4 Å². The Morgan fingerprint density at radius 1 is 1.33 bits per heavy atom. The minimum Gasteiger partial charge on any atom is -0.310 e. The molecule has 1 N–H and O–H groups in total. The summed E-state index contributed by atoms with van der Waals surface area (Å²) in [5.74, 6) is 0.686. The lowest BCUT2D eigenvalue weighted by Gasteiger charge is -2.01. The number of H-pyrrole nitrogens is 1. The smallest absolute Gasteiger partial charge is 0.251 e. The van der Waals surface area contributed by atoms with Crippen molar-refractivity contribution in [1.29, 1.82) is 0 Å². The highest BCUT2D eigenvalue weighted by molar-refractivity contribution is 5.15. The monoisotopic (exact) mass is 201 g/mol. The maximum atomic E-state index is 11.2. The Morgan fingerprint density at radius 2 is 2.07 bits per heavy atom. The van der Waals surface area contributed by atoms with Crippen LogP contribution in [0.4, 0.5) is 0 Å². The number of hydrogen-bond acceptors (Lipinski definition) is 3. The zero-order valence-electron chi connectivity index (χ0n) is 8.40. The molecule has 0 aliphatic rings. The van der Waals surface area contributed by atoms with Crippen molar-refractivity contribution in [3.63, 3.8) is 0 Å². The van der Waals surface area contributed by atoms with Crippen molar-refractivity contribution in [2.75, 3.05) is 0 Å². The Hall–Kier alpha value is -1.97. The molecule has 0 radical (unpaired) electrons. The Labute approximate surface area is 87.0 Å². The molecule has 0 unspecified atom stereocenters. The average molecular weight is 201 g/mol. The van der Waals surface area contributed by atoms with Gasteiger partial charge in [0.1, 0.15) is 5.82 Å². The molecule has 2 heterocycles. The maximum absolute atomic E-state index is 11.2. The van der Waals surface area contributed by atoms with E-state index in [1.807, 2.05) is 19.1 Å². The fraction of sp³-hybridized carbons (Fsp3) is 0.182. The van der Waals surface area contributed by atoms with Gasteiger partial charge in [-0.25, -0.2) is 4.98 Å². The van der Waals surface area contributed by atoms with Crippen molar-refractivity contribution in [2.24, 2.45) is 0 Å². The van der Waals surface area contributed by atoms with Crippen LogP contribution in [0.3, 0.4) is 0 Å². The number of rotatable bonds is 2. The summed E-state index contributed by atoms with van der Waals surface area (Å²) in [5, 5.41) is 0.